The Labute approximate surface area is 351 Å². The van der Waals surface area contributed by atoms with Crippen molar-refractivity contribution in [2.45, 2.75) is 108 Å². The molecular formula is C50H56IrN3O3-. The van der Waals surface area contributed by atoms with Gasteiger partial charge in [0.15, 0.2) is 5.78 Å². The summed E-state index contributed by atoms with van der Waals surface area (Å²) in [5.74, 6) is 1.38. The fourth-order valence-corrected chi connectivity index (χ4v) is 7.61. The Morgan fingerprint density at radius 2 is 1.42 bits per heavy atom. The number of aliphatic hydroxyl groups excluding tert-OH is 1. The third kappa shape index (κ3) is 8.20. The average molecular weight is 939 g/mol. The number of aryl methyl sites for hydroxylation is 3. The zero-order valence-corrected chi connectivity index (χ0v) is 37.7. The first kappa shape index (κ1) is 43.4. The molecule has 4 aromatic carbocycles. The van der Waals surface area contributed by atoms with Crippen molar-refractivity contribution in [3.05, 3.63) is 113 Å². The van der Waals surface area contributed by atoms with Crippen molar-refractivity contribution in [1.82, 2.24) is 15.0 Å². The first-order valence-electron chi connectivity index (χ1n) is 20.2. The molecule has 0 bridgehead atoms. The SMILES string of the molecule is CCC(C)(CC)C(=O)/C=C(\O)C(C)(CC)CC.Cc1nc(-c2[c-]ccc3c2oc2nc(-c4c(C)cccc4C)ccc23)c2ccc3cccc(C(C)C)c3c2n1.[Ir]. The summed E-state index contributed by atoms with van der Waals surface area (Å²) in [6, 6.07) is 28.8. The summed E-state index contributed by atoms with van der Waals surface area (Å²) < 4.78 is 6.52. The summed E-state index contributed by atoms with van der Waals surface area (Å²) in [7, 11) is 0. The van der Waals surface area contributed by atoms with Gasteiger partial charge < -0.3 is 9.52 Å². The van der Waals surface area contributed by atoms with Crippen LogP contribution in [0.25, 0.3) is 66.3 Å². The fraction of sp³-hybridized carbons (Fsp3) is 0.360. The van der Waals surface area contributed by atoms with Gasteiger partial charge >= 0.3 is 0 Å². The van der Waals surface area contributed by atoms with E-state index in [1.54, 1.807) is 0 Å². The normalized spacial score (nSPS) is 12.3. The minimum absolute atomic E-state index is 0. The van der Waals surface area contributed by atoms with Crippen LogP contribution in [0.3, 0.4) is 0 Å². The second-order valence-electron chi connectivity index (χ2n) is 16.1. The van der Waals surface area contributed by atoms with Gasteiger partial charge in [0.25, 0.3) is 0 Å². The second-order valence-corrected chi connectivity index (χ2v) is 16.1. The van der Waals surface area contributed by atoms with E-state index in [0.29, 0.717) is 11.6 Å². The number of carbonyl (C=O) groups excluding carboxylic acids is 1. The van der Waals surface area contributed by atoms with Crippen LogP contribution in [0.4, 0.5) is 0 Å². The van der Waals surface area contributed by atoms with Crippen LogP contribution in [-0.2, 0) is 24.9 Å². The molecule has 0 aliphatic rings. The fourth-order valence-electron chi connectivity index (χ4n) is 7.61. The summed E-state index contributed by atoms with van der Waals surface area (Å²) in [6.45, 7) is 22.7. The van der Waals surface area contributed by atoms with Crippen LogP contribution in [0.15, 0.2) is 89.0 Å². The summed E-state index contributed by atoms with van der Waals surface area (Å²) in [5.41, 5.74) is 9.14. The van der Waals surface area contributed by atoms with E-state index in [2.05, 4.69) is 94.4 Å². The number of nitrogens with zero attached hydrogens (tertiary/aromatic N) is 3. The molecular weight excluding hydrogens is 883 g/mol. The molecule has 3 heterocycles. The Morgan fingerprint density at radius 3 is 2.05 bits per heavy atom. The van der Waals surface area contributed by atoms with Gasteiger partial charge in [0.1, 0.15) is 11.6 Å². The van der Waals surface area contributed by atoms with E-state index in [1.807, 2.05) is 60.6 Å². The van der Waals surface area contributed by atoms with Gasteiger partial charge in [-0.1, -0.05) is 115 Å². The van der Waals surface area contributed by atoms with Crippen molar-refractivity contribution in [3.8, 4) is 22.5 Å². The van der Waals surface area contributed by atoms with E-state index in [4.69, 9.17) is 19.4 Å². The number of allylic oxidation sites excluding steroid dienone is 2. The van der Waals surface area contributed by atoms with Crippen LogP contribution in [0.5, 0.6) is 0 Å². The number of ketones is 1. The Bertz CT molecular complexity index is 2590. The Morgan fingerprint density at radius 1 is 0.789 bits per heavy atom. The quantitative estimate of drug-likeness (QED) is 0.0636. The van der Waals surface area contributed by atoms with Gasteiger partial charge in [-0.05, 0) is 92.0 Å². The van der Waals surface area contributed by atoms with E-state index in [1.165, 1.54) is 33.5 Å². The van der Waals surface area contributed by atoms with Crippen molar-refractivity contribution >= 4 is 49.5 Å². The summed E-state index contributed by atoms with van der Waals surface area (Å²) in [4.78, 5) is 27.0. The molecule has 6 nitrogen and oxygen atoms in total. The zero-order chi connectivity index (χ0) is 40.5. The van der Waals surface area contributed by atoms with Crippen LogP contribution in [0.1, 0.15) is 110 Å². The first-order valence-corrected chi connectivity index (χ1v) is 20.2. The average Bonchev–Trinajstić information content (AvgIpc) is 3.57. The van der Waals surface area contributed by atoms with E-state index < -0.39 is 0 Å². The van der Waals surface area contributed by atoms with Gasteiger partial charge in [-0.15, -0.1) is 18.2 Å². The van der Waals surface area contributed by atoms with Gasteiger partial charge in [-0.2, -0.15) is 0 Å². The Kier molecular flexibility index (Phi) is 13.3. The van der Waals surface area contributed by atoms with Crippen molar-refractivity contribution in [2.75, 3.05) is 0 Å². The number of furan rings is 1. The van der Waals surface area contributed by atoms with Crippen molar-refractivity contribution in [1.29, 1.82) is 0 Å². The number of hydrogen-bond donors (Lipinski definition) is 1. The molecule has 0 fully saturated rings. The maximum atomic E-state index is 12.2. The molecule has 299 valence electrons. The van der Waals surface area contributed by atoms with E-state index >= 15 is 0 Å². The number of aromatic nitrogens is 3. The molecule has 0 unspecified atom stereocenters. The molecule has 0 spiro atoms. The molecule has 7 aromatic rings. The second kappa shape index (κ2) is 17.4. The van der Waals surface area contributed by atoms with E-state index in [0.717, 1.165) is 81.3 Å². The van der Waals surface area contributed by atoms with Crippen LogP contribution >= 0.6 is 0 Å². The molecule has 0 aliphatic carbocycles. The molecule has 1 N–H and O–H groups in total. The van der Waals surface area contributed by atoms with Gasteiger partial charge in [-0.25, -0.2) is 9.97 Å². The third-order valence-electron chi connectivity index (χ3n) is 12.3. The van der Waals surface area contributed by atoms with Crippen LogP contribution in [-0.4, -0.2) is 25.8 Å². The number of aliphatic hydroxyl groups is 1. The predicted molar refractivity (Wildman–Crippen MR) is 233 cm³/mol. The van der Waals surface area contributed by atoms with Gasteiger partial charge in [-0.3, -0.25) is 9.78 Å². The summed E-state index contributed by atoms with van der Waals surface area (Å²) in [5, 5.41) is 15.5. The largest absolute Gasteiger partial charge is 0.512 e. The monoisotopic (exact) mass is 939 g/mol. The smallest absolute Gasteiger partial charge is 0.216 e. The molecule has 1 radical (unpaired) electrons. The predicted octanol–water partition coefficient (Wildman–Crippen LogP) is 13.9. The summed E-state index contributed by atoms with van der Waals surface area (Å²) >= 11 is 0. The van der Waals surface area contributed by atoms with Crippen LogP contribution in [0.2, 0.25) is 0 Å². The van der Waals surface area contributed by atoms with Crippen LogP contribution in [0, 0.1) is 37.7 Å². The molecule has 3 aromatic heterocycles. The summed E-state index contributed by atoms with van der Waals surface area (Å²) in [6.07, 6.45) is 4.75. The molecule has 7 rings (SSSR count). The zero-order valence-electron chi connectivity index (χ0n) is 35.4. The maximum Gasteiger partial charge on any atom is 0.216 e. The van der Waals surface area contributed by atoms with Crippen molar-refractivity contribution in [3.63, 3.8) is 0 Å². The standard InChI is InChI=1S/C35H28N3O.C15H28O2.Ir/c1-19(2)24-12-7-11-23-15-16-27-32(36-22(5)37-33(27)31(23)24)28-14-8-13-25-26-17-18-29(38-35(26)39-34(25)28)30-20(3)9-6-10-21(30)4;1-7-14(5,8-2)12(16)11-13(17)15(6,9-3)10-4;/h6-13,15-19H,1-5H3;11,16H,7-10H2,1-6H3;/q-1;;/b;12-11-;. The van der Waals surface area contributed by atoms with E-state index in [-0.39, 0.29) is 42.5 Å². The van der Waals surface area contributed by atoms with Crippen molar-refractivity contribution in [2.24, 2.45) is 10.8 Å². The molecule has 0 saturated heterocycles. The Balaban J connectivity index is 0.000000295. The maximum absolute atomic E-state index is 12.2. The molecule has 0 amide bonds. The van der Waals surface area contributed by atoms with E-state index in [9.17, 15) is 9.90 Å². The molecule has 7 heteroatoms. The number of rotatable bonds is 10. The first-order chi connectivity index (χ1) is 26.7. The molecule has 0 atom stereocenters. The topological polar surface area (TPSA) is 89.1 Å². The van der Waals surface area contributed by atoms with Crippen molar-refractivity contribution < 1.29 is 34.4 Å². The minimum atomic E-state index is -0.337. The minimum Gasteiger partial charge on any atom is -0.512 e. The van der Waals surface area contributed by atoms with Gasteiger partial charge in [0.2, 0.25) is 5.71 Å². The number of pyridine rings is 1. The molecule has 57 heavy (non-hydrogen) atoms. The number of hydrogen-bond acceptors (Lipinski definition) is 6. The third-order valence-corrected chi connectivity index (χ3v) is 12.3. The Hall–Kier alpha value is -4.71. The number of fused-ring (bicyclic) bond motifs is 6. The van der Waals surface area contributed by atoms with Gasteiger partial charge in [0, 0.05) is 59.0 Å². The molecule has 0 aliphatic heterocycles. The molecule has 0 saturated carbocycles. The number of benzene rings is 4. The van der Waals surface area contributed by atoms with Crippen LogP contribution < -0.4 is 0 Å². The number of carbonyl (C=O) groups is 1. The van der Waals surface area contributed by atoms with Gasteiger partial charge in [0.05, 0.1) is 16.8 Å².